The molecule has 0 aromatic rings. The second-order valence-corrected chi connectivity index (χ2v) is 16.3. The Morgan fingerprint density at radius 2 is 0.420 bits per heavy atom. The van der Waals surface area contributed by atoms with Crippen molar-refractivity contribution >= 4 is 0 Å². The molecule has 302 valence electrons. The van der Waals surface area contributed by atoms with E-state index in [1.165, 1.54) is 231 Å². The molecular formula is C46H92F3N. The summed E-state index contributed by atoms with van der Waals surface area (Å²) in [5.74, 6) is 0. The van der Waals surface area contributed by atoms with E-state index in [1.807, 2.05) is 0 Å². The van der Waals surface area contributed by atoms with Crippen molar-refractivity contribution in [3.8, 4) is 0 Å². The molecule has 0 heterocycles. The van der Waals surface area contributed by atoms with Gasteiger partial charge in [-0.1, -0.05) is 258 Å². The Morgan fingerprint density at radius 3 is 0.580 bits per heavy atom. The third-order valence-corrected chi connectivity index (χ3v) is 11.1. The van der Waals surface area contributed by atoms with Crippen molar-refractivity contribution in [2.24, 2.45) is 0 Å². The van der Waals surface area contributed by atoms with E-state index < -0.39 is 12.7 Å². The van der Waals surface area contributed by atoms with Crippen LogP contribution in [0.3, 0.4) is 0 Å². The van der Waals surface area contributed by atoms with Gasteiger partial charge in [0.2, 0.25) is 0 Å². The standard InChI is InChI=1S/C46H92F3N/c1-3-5-7-9-11-13-15-17-19-21-23-25-27-29-31-33-35-37-39-41-43-50(45-46(47,48)49)44-42-40-38-36-34-32-30-28-26-24-22-20-18-16-14-12-10-8-6-4-2/h3-45H2,1-2H3. The average Bonchev–Trinajstić information content (AvgIpc) is 3.09. The van der Waals surface area contributed by atoms with Crippen LogP contribution in [0.25, 0.3) is 0 Å². The molecule has 0 N–H and O–H groups in total. The molecule has 0 aromatic heterocycles. The van der Waals surface area contributed by atoms with Crippen molar-refractivity contribution in [2.45, 2.75) is 277 Å². The Bertz CT molecular complexity index is 563. The molecule has 0 unspecified atom stereocenters. The van der Waals surface area contributed by atoms with Crippen LogP contribution in [0.1, 0.15) is 271 Å². The lowest BCUT2D eigenvalue weighted by molar-refractivity contribution is -0.146. The minimum atomic E-state index is -4.08. The fourth-order valence-electron chi connectivity index (χ4n) is 7.70. The third kappa shape index (κ3) is 43.9. The van der Waals surface area contributed by atoms with Gasteiger partial charge in [-0.25, -0.2) is 0 Å². The Labute approximate surface area is 313 Å². The first-order valence-electron chi connectivity index (χ1n) is 23.3. The molecule has 0 rings (SSSR count). The largest absolute Gasteiger partial charge is 0.401 e. The van der Waals surface area contributed by atoms with Gasteiger partial charge in [0.15, 0.2) is 0 Å². The zero-order valence-corrected chi connectivity index (χ0v) is 34.5. The van der Waals surface area contributed by atoms with Gasteiger partial charge in [0.25, 0.3) is 0 Å². The topological polar surface area (TPSA) is 3.24 Å². The van der Waals surface area contributed by atoms with E-state index in [2.05, 4.69) is 13.8 Å². The maximum Gasteiger partial charge on any atom is 0.401 e. The molecule has 0 saturated carbocycles. The minimum absolute atomic E-state index is 0.609. The first kappa shape index (κ1) is 49.8. The first-order valence-corrected chi connectivity index (χ1v) is 23.3. The fourth-order valence-corrected chi connectivity index (χ4v) is 7.70. The van der Waals surface area contributed by atoms with Crippen LogP contribution in [0.2, 0.25) is 0 Å². The number of hydrogen-bond donors (Lipinski definition) is 0. The number of nitrogens with zero attached hydrogens (tertiary/aromatic N) is 1. The lowest BCUT2D eigenvalue weighted by Gasteiger charge is -2.23. The van der Waals surface area contributed by atoms with E-state index in [0.717, 1.165) is 25.7 Å². The normalized spacial score (nSPS) is 12.1. The fraction of sp³-hybridized carbons (Fsp3) is 1.00. The molecule has 0 aliphatic rings. The summed E-state index contributed by atoms with van der Waals surface area (Å²) in [6.45, 7) is 5.06. The molecule has 0 aliphatic heterocycles. The summed E-state index contributed by atoms with van der Waals surface area (Å²) in [5.41, 5.74) is 0. The van der Waals surface area contributed by atoms with Gasteiger partial charge < -0.3 is 0 Å². The lowest BCUT2D eigenvalue weighted by atomic mass is 10.0. The Balaban J connectivity index is 3.51. The summed E-state index contributed by atoms with van der Waals surface area (Å²) in [5, 5.41) is 0. The van der Waals surface area contributed by atoms with E-state index in [-0.39, 0.29) is 0 Å². The summed E-state index contributed by atoms with van der Waals surface area (Å²) in [7, 11) is 0. The highest BCUT2D eigenvalue weighted by Gasteiger charge is 2.30. The first-order chi connectivity index (χ1) is 24.5. The number of halogens is 3. The van der Waals surface area contributed by atoms with Gasteiger partial charge in [-0.2, -0.15) is 13.2 Å². The van der Waals surface area contributed by atoms with Gasteiger partial charge in [-0.15, -0.1) is 0 Å². The van der Waals surface area contributed by atoms with Gasteiger partial charge in [0, 0.05) is 0 Å². The molecule has 0 amide bonds. The van der Waals surface area contributed by atoms with E-state index >= 15 is 0 Å². The summed E-state index contributed by atoms with van der Waals surface area (Å²) < 4.78 is 39.5. The van der Waals surface area contributed by atoms with Crippen molar-refractivity contribution < 1.29 is 13.2 Å². The SMILES string of the molecule is CCCCCCCCCCCCCCCCCCCCCCN(CCCCCCCCCCCCCCCCCCCCCC)CC(F)(F)F. The maximum atomic E-state index is 13.2. The van der Waals surface area contributed by atoms with E-state index in [9.17, 15) is 13.2 Å². The van der Waals surface area contributed by atoms with Gasteiger partial charge in [0.1, 0.15) is 0 Å². The second kappa shape index (κ2) is 41.5. The van der Waals surface area contributed by atoms with Gasteiger partial charge in [-0.05, 0) is 25.9 Å². The number of rotatable bonds is 43. The molecule has 1 nitrogen and oxygen atoms in total. The molecule has 0 saturated heterocycles. The zero-order chi connectivity index (χ0) is 36.5. The van der Waals surface area contributed by atoms with E-state index in [1.54, 1.807) is 4.90 Å². The molecule has 0 bridgehead atoms. The highest BCUT2D eigenvalue weighted by atomic mass is 19.4. The van der Waals surface area contributed by atoms with Crippen molar-refractivity contribution in [1.82, 2.24) is 4.90 Å². The van der Waals surface area contributed by atoms with E-state index in [0.29, 0.717) is 13.1 Å². The Kier molecular flexibility index (Phi) is 41.3. The van der Waals surface area contributed by atoms with Crippen molar-refractivity contribution in [2.75, 3.05) is 19.6 Å². The van der Waals surface area contributed by atoms with Gasteiger partial charge >= 0.3 is 6.18 Å². The van der Waals surface area contributed by atoms with Crippen LogP contribution in [0.4, 0.5) is 13.2 Å². The maximum absolute atomic E-state index is 13.2. The van der Waals surface area contributed by atoms with Gasteiger partial charge in [-0.3, -0.25) is 4.90 Å². The van der Waals surface area contributed by atoms with Crippen LogP contribution in [0.5, 0.6) is 0 Å². The molecular weight excluding hydrogens is 624 g/mol. The van der Waals surface area contributed by atoms with Crippen LogP contribution in [0, 0.1) is 0 Å². The quantitative estimate of drug-likeness (QED) is 0.0568. The molecule has 0 aliphatic carbocycles. The smallest absolute Gasteiger partial charge is 0.295 e. The number of alkyl halides is 3. The molecule has 4 heteroatoms. The Hall–Kier alpha value is -0.250. The van der Waals surface area contributed by atoms with Crippen molar-refractivity contribution in [1.29, 1.82) is 0 Å². The summed E-state index contributed by atoms with van der Waals surface area (Å²) in [4.78, 5) is 1.68. The molecule has 0 atom stereocenters. The van der Waals surface area contributed by atoms with Gasteiger partial charge in [0.05, 0.1) is 6.54 Å². The predicted octanol–water partition coefficient (Wildman–Crippen LogP) is 17.5. The summed E-state index contributed by atoms with van der Waals surface area (Å²) in [6, 6.07) is 0. The summed E-state index contributed by atoms with van der Waals surface area (Å²) >= 11 is 0. The molecule has 0 fully saturated rings. The van der Waals surface area contributed by atoms with E-state index in [4.69, 9.17) is 0 Å². The van der Waals surface area contributed by atoms with Crippen LogP contribution < -0.4 is 0 Å². The highest BCUT2D eigenvalue weighted by molar-refractivity contribution is 4.64. The average molecular weight is 716 g/mol. The molecule has 50 heavy (non-hydrogen) atoms. The predicted molar refractivity (Wildman–Crippen MR) is 219 cm³/mol. The molecule has 0 aromatic carbocycles. The Morgan fingerprint density at radius 1 is 0.260 bits per heavy atom. The number of hydrogen-bond acceptors (Lipinski definition) is 1. The highest BCUT2D eigenvalue weighted by Crippen LogP contribution is 2.20. The summed E-state index contributed by atoms with van der Waals surface area (Å²) in [6.07, 6.45) is 49.5. The minimum Gasteiger partial charge on any atom is -0.295 e. The van der Waals surface area contributed by atoms with Crippen LogP contribution >= 0.6 is 0 Å². The van der Waals surface area contributed by atoms with Crippen LogP contribution in [-0.2, 0) is 0 Å². The number of unbranched alkanes of at least 4 members (excludes halogenated alkanes) is 38. The van der Waals surface area contributed by atoms with Crippen LogP contribution in [0.15, 0.2) is 0 Å². The van der Waals surface area contributed by atoms with Crippen molar-refractivity contribution in [3.63, 3.8) is 0 Å². The van der Waals surface area contributed by atoms with Crippen LogP contribution in [-0.4, -0.2) is 30.7 Å². The second-order valence-electron chi connectivity index (χ2n) is 16.3. The lowest BCUT2D eigenvalue weighted by Crippen LogP contribution is -2.35. The third-order valence-electron chi connectivity index (χ3n) is 11.1. The zero-order valence-electron chi connectivity index (χ0n) is 34.5. The monoisotopic (exact) mass is 716 g/mol. The molecule has 0 spiro atoms. The molecule has 0 radical (unpaired) electrons. The van der Waals surface area contributed by atoms with Crippen molar-refractivity contribution in [3.05, 3.63) is 0 Å².